The van der Waals surface area contributed by atoms with Gasteiger partial charge in [-0.15, -0.1) is 0 Å². The fourth-order valence-corrected chi connectivity index (χ4v) is 1.96. The van der Waals surface area contributed by atoms with Crippen molar-refractivity contribution in [1.82, 2.24) is 0 Å². The normalized spacial score (nSPS) is 10.3. The van der Waals surface area contributed by atoms with Crippen LogP contribution >= 0.6 is 23.2 Å². The molecule has 4 heteroatoms. The van der Waals surface area contributed by atoms with Crippen LogP contribution in [0.3, 0.4) is 0 Å². The third-order valence-electron chi connectivity index (χ3n) is 2.57. The van der Waals surface area contributed by atoms with Crippen LogP contribution in [-0.2, 0) is 0 Å². The topological polar surface area (TPSA) is 29.3 Å². The van der Waals surface area contributed by atoms with E-state index in [1.807, 2.05) is 42.3 Å². The smallest absolute Gasteiger partial charge is 0.0657 e. The van der Waals surface area contributed by atoms with Gasteiger partial charge in [-0.25, -0.2) is 0 Å². The Kier molecular flexibility index (Phi) is 3.46. The fraction of sp³-hybridized carbons (Fsp3) is 0.0769. The first kappa shape index (κ1) is 12.1. The molecule has 0 unspecified atom stereocenters. The molecule has 2 N–H and O–H groups in total. The van der Waals surface area contributed by atoms with Crippen molar-refractivity contribution in [2.24, 2.45) is 0 Å². The number of nitrogens with two attached hydrogens (primary N) is 1. The van der Waals surface area contributed by atoms with Gasteiger partial charge in [-0.05, 0) is 24.3 Å². The van der Waals surface area contributed by atoms with E-state index in [-0.39, 0.29) is 0 Å². The fourth-order valence-electron chi connectivity index (χ4n) is 1.63. The van der Waals surface area contributed by atoms with Crippen LogP contribution < -0.4 is 10.6 Å². The zero-order valence-corrected chi connectivity index (χ0v) is 10.8. The molecule has 88 valence electrons. The lowest BCUT2D eigenvalue weighted by molar-refractivity contribution is 1.21. The number of halogens is 2. The van der Waals surface area contributed by atoms with Gasteiger partial charge in [0.25, 0.3) is 0 Å². The zero-order chi connectivity index (χ0) is 12.4. The van der Waals surface area contributed by atoms with Crippen LogP contribution in [0, 0.1) is 0 Å². The molecule has 0 fully saturated rings. The highest BCUT2D eigenvalue weighted by molar-refractivity contribution is 6.42. The Bertz CT molecular complexity index is 526. The Morgan fingerprint density at radius 1 is 1.00 bits per heavy atom. The summed E-state index contributed by atoms with van der Waals surface area (Å²) >= 11 is 11.9. The molecule has 0 aliphatic heterocycles. The minimum absolute atomic E-state index is 0.467. The Hall–Kier alpha value is -1.38. The predicted molar refractivity (Wildman–Crippen MR) is 75.4 cm³/mol. The number of benzene rings is 2. The number of nitrogen functional groups attached to an aromatic ring is 1. The van der Waals surface area contributed by atoms with Crippen molar-refractivity contribution < 1.29 is 0 Å². The highest BCUT2D eigenvalue weighted by Crippen LogP contribution is 2.35. The Labute approximate surface area is 111 Å². The molecule has 0 heterocycles. The molecule has 0 saturated carbocycles. The first-order valence-corrected chi connectivity index (χ1v) is 5.88. The number of hydrogen-bond donors (Lipinski definition) is 1. The highest BCUT2D eigenvalue weighted by atomic mass is 35.5. The summed E-state index contributed by atoms with van der Waals surface area (Å²) in [7, 11) is 1.94. The van der Waals surface area contributed by atoms with Gasteiger partial charge in [0.15, 0.2) is 0 Å². The largest absolute Gasteiger partial charge is 0.397 e. The van der Waals surface area contributed by atoms with Crippen LogP contribution in [0.15, 0.2) is 42.5 Å². The number of anilines is 3. The molecule has 0 amide bonds. The van der Waals surface area contributed by atoms with E-state index in [9.17, 15) is 0 Å². The predicted octanol–water partition coefficient (Wildman–Crippen LogP) is 4.34. The van der Waals surface area contributed by atoms with E-state index < -0.39 is 0 Å². The molecular formula is C13H12Cl2N2. The molecule has 2 aromatic rings. The van der Waals surface area contributed by atoms with Crippen molar-refractivity contribution in [2.75, 3.05) is 17.7 Å². The van der Waals surface area contributed by atoms with Gasteiger partial charge in [-0.1, -0.05) is 41.4 Å². The maximum Gasteiger partial charge on any atom is 0.0657 e. The van der Waals surface area contributed by atoms with Crippen LogP contribution in [0.4, 0.5) is 17.1 Å². The number of nitrogens with zero attached hydrogens (tertiary/aromatic N) is 1. The number of para-hydroxylation sites is 1. The van der Waals surface area contributed by atoms with Gasteiger partial charge in [-0.2, -0.15) is 0 Å². The summed E-state index contributed by atoms with van der Waals surface area (Å²) < 4.78 is 0. The van der Waals surface area contributed by atoms with Crippen molar-refractivity contribution in [2.45, 2.75) is 0 Å². The van der Waals surface area contributed by atoms with Crippen LogP contribution in [0.1, 0.15) is 0 Å². The lowest BCUT2D eigenvalue weighted by Crippen LogP contribution is -2.11. The monoisotopic (exact) mass is 266 g/mol. The van der Waals surface area contributed by atoms with E-state index in [2.05, 4.69) is 0 Å². The molecule has 0 aliphatic rings. The standard InChI is InChI=1S/C13H12Cl2N2/c1-17(9-5-3-2-4-6-9)13-8-11(15)10(14)7-12(13)16/h2-8H,16H2,1H3. The van der Waals surface area contributed by atoms with Gasteiger partial charge in [0.05, 0.1) is 21.4 Å². The molecule has 0 aromatic heterocycles. The summed E-state index contributed by atoms with van der Waals surface area (Å²) in [5.41, 5.74) is 8.42. The quantitative estimate of drug-likeness (QED) is 0.820. The van der Waals surface area contributed by atoms with Gasteiger partial charge in [0.2, 0.25) is 0 Å². The zero-order valence-electron chi connectivity index (χ0n) is 9.32. The third kappa shape index (κ3) is 2.48. The second-order valence-electron chi connectivity index (χ2n) is 3.72. The van der Waals surface area contributed by atoms with E-state index >= 15 is 0 Å². The highest BCUT2D eigenvalue weighted by Gasteiger charge is 2.10. The van der Waals surface area contributed by atoms with Crippen molar-refractivity contribution in [3.63, 3.8) is 0 Å². The Balaban J connectivity index is 2.44. The van der Waals surface area contributed by atoms with E-state index in [1.165, 1.54) is 0 Å². The second-order valence-corrected chi connectivity index (χ2v) is 4.53. The summed E-state index contributed by atoms with van der Waals surface area (Å²) in [5.74, 6) is 0. The molecule has 2 nitrogen and oxygen atoms in total. The molecule has 0 bridgehead atoms. The molecule has 0 radical (unpaired) electrons. The molecule has 0 saturated heterocycles. The molecule has 2 rings (SSSR count). The van der Waals surface area contributed by atoms with Crippen LogP contribution in [0.2, 0.25) is 10.0 Å². The number of rotatable bonds is 2. The van der Waals surface area contributed by atoms with Crippen LogP contribution in [0.5, 0.6) is 0 Å². The first-order chi connectivity index (χ1) is 8.09. The summed E-state index contributed by atoms with van der Waals surface area (Å²) in [6, 6.07) is 13.4. The minimum Gasteiger partial charge on any atom is -0.397 e. The Morgan fingerprint density at radius 3 is 2.24 bits per heavy atom. The van der Waals surface area contributed by atoms with E-state index in [0.29, 0.717) is 15.7 Å². The van der Waals surface area contributed by atoms with Gasteiger partial charge in [-0.3, -0.25) is 0 Å². The lowest BCUT2D eigenvalue weighted by Gasteiger charge is -2.21. The van der Waals surface area contributed by atoms with Crippen LogP contribution in [-0.4, -0.2) is 7.05 Å². The number of hydrogen-bond acceptors (Lipinski definition) is 2. The molecule has 0 atom stereocenters. The summed E-state index contributed by atoms with van der Waals surface area (Å²) in [5, 5.41) is 0.966. The maximum absolute atomic E-state index is 6.00. The molecular weight excluding hydrogens is 255 g/mol. The first-order valence-electron chi connectivity index (χ1n) is 5.13. The average molecular weight is 267 g/mol. The average Bonchev–Trinajstić information content (AvgIpc) is 2.34. The molecule has 17 heavy (non-hydrogen) atoms. The summed E-state index contributed by atoms with van der Waals surface area (Å²) in [4.78, 5) is 1.97. The minimum atomic E-state index is 0.467. The van der Waals surface area contributed by atoms with Gasteiger partial charge < -0.3 is 10.6 Å². The SMILES string of the molecule is CN(c1ccccc1)c1cc(Cl)c(Cl)cc1N. The summed E-state index contributed by atoms with van der Waals surface area (Å²) in [6.07, 6.45) is 0. The van der Waals surface area contributed by atoms with Crippen LogP contribution in [0.25, 0.3) is 0 Å². The maximum atomic E-state index is 6.00. The van der Waals surface area contributed by atoms with Gasteiger partial charge in [0, 0.05) is 12.7 Å². The van der Waals surface area contributed by atoms with E-state index in [4.69, 9.17) is 28.9 Å². The molecule has 2 aromatic carbocycles. The van der Waals surface area contributed by atoms with Crippen molar-refractivity contribution in [3.8, 4) is 0 Å². The molecule has 0 spiro atoms. The molecule has 0 aliphatic carbocycles. The second kappa shape index (κ2) is 4.86. The summed E-state index contributed by atoms with van der Waals surface area (Å²) in [6.45, 7) is 0. The van der Waals surface area contributed by atoms with Gasteiger partial charge >= 0.3 is 0 Å². The van der Waals surface area contributed by atoms with E-state index in [1.54, 1.807) is 12.1 Å². The third-order valence-corrected chi connectivity index (χ3v) is 3.30. The van der Waals surface area contributed by atoms with Crippen molar-refractivity contribution in [1.29, 1.82) is 0 Å². The van der Waals surface area contributed by atoms with Crippen molar-refractivity contribution in [3.05, 3.63) is 52.5 Å². The van der Waals surface area contributed by atoms with Gasteiger partial charge in [0.1, 0.15) is 0 Å². The lowest BCUT2D eigenvalue weighted by atomic mass is 10.2. The van der Waals surface area contributed by atoms with E-state index in [0.717, 1.165) is 11.4 Å². The Morgan fingerprint density at radius 2 is 1.59 bits per heavy atom. The van der Waals surface area contributed by atoms with Crippen molar-refractivity contribution >= 4 is 40.3 Å².